The molecule has 0 spiro atoms. The standard InChI is InChI=1S/C21H22BrFN2O3/c22-18-4-2-1-3-17(18)21(28)25-13-11-24(12-14-25)19(9-10-20(26)27)15-5-7-16(23)8-6-15/h1-8,19H,9-14H2,(H,26,27)/t19-/m1/s1. The van der Waals surface area contributed by atoms with Crippen molar-refractivity contribution in [3.05, 3.63) is 69.9 Å². The zero-order valence-corrected chi connectivity index (χ0v) is 16.9. The van der Waals surface area contributed by atoms with Crippen molar-refractivity contribution in [3.8, 4) is 0 Å². The number of carboxylic acids is 1. The summed E-state index contributed by atoms with van der Waals surface area (Å²) in [5, 5.41) is 9.08. The first-order chi connectivity index (χ1) is 13.5. The van der Waals surface area contributed by atoms with Crippen LogP contribution in [0.4, 0.5) is 4.39 Å². The molecule has 28 heavy (non-hydrogen) atoms. The number of piperazine rings is 1. The maximum Gasteiger partial charge on any atom is 0.303 e. The van der Waals surface area contributed by atoms with Crippen LogP contribution in [-0.4, -0.2) is 53.0 Å². The third kappa shape index (κ3) is 4.97. The molecule has 0 radical (unpaired) electrons. The highest BCUT2D eigenvalue weighted by atomic mass is 79.9. The molecule has 7 heteroatoms. The number of amides is 1. The number of carboxylic acid groups (broad SMARTS) is 1. The summed E-state index contributed by atoms with van der Waals surface area (Å²) in [7, 11) is 0. The van der Waals surface area contributed by atoms with E-state index in [1.807, 2.05) is 23.1 Å². The average molecular weight is 449 g/mol. The summed E-state index contributed by atoms with van der Waals surface area (Å²) in [6.45, 7) is 2.39. The van der Waals surface area contributed by atoms with Gasteiger partial charge in [0.2, 0.25) is 0 Å². The molecular weight excluding hydrogens is 427 g/mol. The zero-order chi connectivity index (χ0) is 20.1. The molecule has 0 aliphatic carbocycles. The summed E-state index contributed by atoms with van der Waals surface area (Å²) in [4.78, 5) is 27.8. The highest BCUT2D eigenvalue weighted by molar-refractivity contribution is 9.10. The Bertz CT molecular complexity index is 836. The highest BCUT2D eigenvalue weighted by Crippen LogP contribution is 2.28. The van der Waals surface area contributed by atoms with Gasteiger partial charge in [0.15, 0.2) is 0 Å². The van der Waals surface area contributed by atoms with Crippen molar-refractivity contribution in [2.75, 3.05) is 26.2 Å². The molecule has 0 bridgehead atoms. The molecule has 1 aliphatic rings. The average Bonchev–Trinajstić information content (AvgIpc) is 2.69. The van der Waals surface area contributed by atoms with Crippen molar-refractivity contribution >= 4 is 27.8 Å². The van der Waals surface area contributed by atoms with Crippen molar-refractivity contribution in [1.29, 1.82) is 0 Å². The van der Waals surface area contributed by atoms with Gasteiger partial charge in [-0.15, -0.1) is 0 Å². The third-order valence-corrected chi connectivity index (χ3v) is 5.72. The quantitative estimate of drug-likeness (QED) is 0.726. The van der Waals surface area contributed by atoms with Crippen LogP contribution in [0.15, 0.2) is 53.0 Å². The van der Waals surface area contributed by atoms with Crippen LogP contribution in [0.2, 0.25) is 0 Å². The Labute approximate surface area is 171 Å². The first-order valence-electron chi connectivity index (χ1n) is 9.21. The van der Waals surface area contributed by atoms with Crippen LogP contribution in [-0.2, 0) is 4.79 Å². The fourth-order valence-corrected chi connectivity index (χ4v) is 4.00. The summed E-state index contributed by atoms with van der Waals surface area (Å²) in [6.07, 6.45) is 0.483. The van der Waals surface area contributed by atoms with Gasteiger partial charge >= 0.3 is 5.97 Å². The molecule has 0 unspecified atom stereocenters. The van der Waals surface area contributed by atoms with Crippen LogP contribution in [0.25, 0.3) is 0 Å². The van der Waals surface area contributed by atoms with Crippen LogP contribution in [0.5, 0.6) is 0 Å². The maximum atomic E-state index is 13.3. The number of benzene rings is 2. The minimum absolute atomic E-state index is 0.0176. The van der Waals surface area contributed by atoms with Gasteiger partial charge in [0, 0.05) is 43.1 Å². The van der Waals surface area contributed by atoms with Crippen molar-refractivity contribution in [2.24, 2.45) is 0 Å². The third-order valence-electron chi connectivity index (χ3n) is 5.03. The molecule has 1 N–H and O–H groups in total. The molecule has 1 amide bonds. The van der Waals surface area contributed by atoms with E-state index in [0.29, 0.717) is 38.2 Å². The summed E-state index contributed by atoms with van der Waals surface area (Å²) in [5.74, 6) is -1.18. The van der Waals surface area contributed by atoms with Gasteiger partial charge in [-0.2, -0.15) is 0 Å². The monoisotopic (exact) mass is 448 g/mol. The second-order valence-electron chi connectivity index (χ2n) is 6.81. The Morgan fingerprint density at radius 3 is 2.29 bits per heavy atom. The summed E-state index contributed by atoms with van der Waals surface area (Å²) >= 11 is 3.42. The molecule has 2 aromatic rings. The lowest BCUT2D eigenvalue weighted by atomic mass is 9.99. The molecule has 1 fully saturated rings. The molecule has 1 saturated heterocycles. The van der Waals surface area contributed by atoms with Crippen LogP contribution in [0.1, 0.15) is 34.8 Å². The van der Waals surface area contributed by atoms with Gasteiger partial charge in [-0.25, -0.2) is 4.39 Å². The Morgan fingerprint density at radius 2 is 1.68 bits per heavy atom. The van der Waals surface area contributed by atoms with E-state index in [-0.39, 0.29) is 24.2 Å². The number of carbonyl (C=O) groups is 2. The van der Waals surface area contributed by atoms with Crippen LogP contribution in [0.3, 0.4) is 0 Å². The molecule has 3 rings (SSSR count). The van der Waals surface area contributed by atoms with Gasteiger partial charge in [-0.3, -0.25) is 14.5 Å². The predicted octanol–water partition coefficient (Wildman–Crippen LogP) is 3.95. The first-order valence-corrected chi connectivity index (χ1v) is 10.00. The van der Waals surface area contributed by atoms with Crippen molar-refractivity contribution in [1.82, 2.24) is 9.80 Å². The Hall–Kier alpha value is -2.25. The summed E-state index contributed by atoms with van der Waals surface area (Å²) in [6, 6.07) is 13.5. The molecule has 1 heterocycles. The minimum atomic E-state index is -0.852. The fourth-order valence-electron chi connectivity index (χ4n) is 3.55. The van der Waals surface area contributed by atoms with E-state index in [1.165, 1.54) is 12.1 Å². The molecular formula is C21H22BrFN2O3. The molecule has 1 atom stereocenters. The van der Waals surface area contributed by atoms with Crippen LogP contribution < -0.4 is 0 Å². The molecule has 2 aromatic carbocycles. The number of nitrogens with zero attached hydrogens (tertiary/aromatic N) is 2. The number of hydrogen-bond acceptors (Lipinski definition) is 3. The minimum Gasteiger partial charge on any atom is -0.481 e. The fraction of sp³-hybridized carbons (Fsp3) is 0.333. The highest BCUT2D eigenvalue weighted by Gasteiger charge is 2.28. The van der Waals surface area contributed by atoms with Gasteiger partial charge in [0.1, 0.15) is 5.82 Å². The van der Waals surface area contributed by atoms with E-state index in [2.05, 4.69) is 20.8 Å². The number of aliphatic carboxylic acids is 1. The van der Waals surface area contributed by atoms with Gasteiger partial charge in [0.25, 0.3) is 5.91 Å². The molecule has 148 valence electrons. The predicted molar refractivity (Wildman–Crippen MR) is 108 cm³/mol. The van der Waals surface area contributed by atoms with Crippen LogP contribution in [0, 0.1) is 5.82 Å². The van der Waals surface area contributed by atoms with E-state index >= 15 is 0 Å². The number of carbonyl (C=O) groups excluding carboxylic acids is 1. The number of rotatable bonds is 6. The molecule has 1 aliphatic heterocycles. The Balaban J connectivity index is 1.69. The van der Waals surface area contributed by atoms with Crippen molar-refractivity contribution in [2.45, 2.75) is 18.9 Å². The van der Waals surface area contributed by atoms with E-state index in [1.54, 1.807) is 18.2 Å². The van der Waals surface area contributed by atoms with Crippen LogP contribution >= 0.6 is 15.9 Å². The van der Waals surface area contributed by atoms with Gasteiger partial charge in [0.05, 0.1) is 5.56 Å². The van der Waals surface area contributed by atoms with Gasteiger partial charge in [-0.1, -0.05) is 24.3 Å². The molecule has 5 nitrogen and oxygen atoms in total. The maximum absolute atomic E-state index is 13.3. The Morgan fingerprint density at radius 1 is 1.04 bits per heavy atom. The number of halogens is 2. The SMILES string of the molecule is O=C(O)CC[C@H](c1ccc(F)cc1)N1CCN(C(=O)c2ccccc2Br)CC1. The lowest BCUT2D eigenvalue weighted by molar-refractivity contribution is -0.137. The summed E-state index contributed by atoms with van der Waals surface area (Å²) < 4.78 is 14.1. The Kier molecular flexibility index (Phi) is 6.80. The normalized spacial score (nSPS) is 16.0. The van der Waals surface area contributed by atoms with E-state index in [4.69, 9.17) is 5.11 Å². The molecule has 0 aromatic heterocycles. The van der Waals surface area contributed by atoms with Crippen molar-refractivity contribution in [3.63, 3.8) is 0 Å². The van der Waals surface area contributed by atoms with Gasteiger partial charge < -0.3 is 10.0 Å². The topological polar surface area (TPSA) is 60.9 Å². The number of hydrogen-bond donors (Lipinski definition) is 1. The van der Waals surface area contributed by atoms with Gasteiger partial charge in [-0.05, 0) is 52.2 Å². The lowest BCUT2D eigenvalue weighted by Gasteiger charge is -2.39. The van der Waals surface area contributed by atoms with E-state index in [9.17, 15) is 14.0 Å². The first kappa shape index (κ1) is 20.5. The zero-order valence-electron chi connectivity index (χ0n) is 15.4. The van der Waals surface area contributed by atoms with Crippen molar-refractivity contribution < 1.29 is 19.1 Å². The second kappa shape index (κ2) is 9.30. The largest absolute Gasteiger partial charge is 0.481 e. The lowest BCUT2D eigenvalue weighted by Crippen LogP contribution is -2.49. The summed E-state index contributed by atoms with van der Waals surface area (Å²) in [5.41, 5.74) is 1.53. The van der Waals surface area contributed by atoms with E-state index in [0.717, 1.165) is 10.0 Å². The second-order valence-corrected chi connectivity index (χ2v) is 7.66. The smallest absolute Gasteiger partial charge is 0.303 e. The molecule has 0 saturated carbocycles. The van der Waals surface area contributed by atoms with E-state index < -0.39 is 5.97 Å².